The molecule has 25 heavy (non-hydrogen) atoms. The van der Waals surface area contributed by atoms with Gasteiger partial charge in [-0.25, -0.2) is 18.1 Å². The number of aryl methyl sites for hydroxylation is 2. The Morgan fingerprint density at radius 1 is 1.28 bits per heavy atom. The standard InChI is InChI=1S/C15H18N2O7S/c1-10-3-4-12(7-11(10)2)25(21,22)16-8-14(19)24-9-13(18)17-5-6-23-15(17)20/h3-4,7,16H,5-6,8-9H2,1-2H3. The fourth-order valence-corrected chi connectivity index (χ4v) is 3.06. The number of amides is 2. The Hall–Kier alpha value is -2.46. The highest BCUT2D eigenvalue weighted by molar-refractivity contribution is 7.89. The van der Waals surface area contributed by atoms with Gasteiger partial charge in [0.25, 0.3) is 5.91 Å². The van der Waals surface area contributed by atoms with Crippen molar-refractivity contribution < 1.29 is 32.3 Å². The SMILES string of the molecule is Cc1ccc(S(=O)(=O)NCC(=O)OCC(=O)N2CCOC2=O)cc1C. The van der Waals surface area contributed by atoms with E-state index in [4.69, 9.17) is 0 Å². The molecule has 0 spiro atoms. The van der Waals surface area contributed by atoms with Crippen LogP contribution in [-0.4, -0.2) is 57.6 Å². The number of hydrogen-bond donors (Lipinski definition) is 1. The highest BCUT2D eigenvalue weighted by atomic mass is 32.2. The van der Waals surface area contributed by atoms with Gasteiger partial charge in [-0.05, 0) is 37.1 Å². The molecular formula is C15H18N2O7S. The number of carbonyl (C=O) groups excluding carboxylic acids is 3. The van der Waals surface area contributed by atoms with E-state index < -0.39 is 41.1 Å². The Bertz CT molecular complexity index is 804. The summed E-state index contributed by atoms with van der Waals surface area (Å²) in [5.41, 5.74) is 1.74. The first-order valence-corrected chi connectivity index (χ1v) is 8.88. The number of imide groups is 1. The van der Waals surface area contributed by atoms with Crippen LogP contribution in [0.3, 0.4) is 0 Å². The van der Waals surface area contributed by atoms with Crippen molar-refractivity contribution >= 4 is 28.0 Å². The lowest BCUT2D eigenvalue weighted by Gasteiger charge is -2.11. The molecule has 1 aromatic rings. The maximum Gasteiger partial charge on any atom is 0.416 e. The third kappa shape index (κ3) is 4.77. The van der Waals surface area contributed by atoms with Gasteiger partial charge in [-0.15, -0.1) is 0 Å². The molecule has 2 rings (SSSR count). The molecule has 0 atom stereocenters. The Balaban J connectivity index is 1.85. The Morgan fingerprint density at radius 2 is 2.00 bits per heavy atom. The van der Waals surface area contributed by atoms with Crippen molar-refractivity contribution in [1.82, 2.24) is 9.62 Å². The molecular weight excluding hydrogens is 352 g/mol. The number of hydrogen-bond acceptors (Lipinski definition) is 7. The molecule has 1 aromatic carbocycles. The van der Waals surface area contributed by atoms with E-state index in [1.807, 2.05) is 6.92 Å². The summed E-state index contributed by atoms with van der Waals surface area (Å²) in [5.74, 6) is -1.67. The summed E-state index contributed by atoms with van der Waals surface area (Å²) < 4.78 is 35.6. The topological polar surface area (TPSA) is 119 Å². The fourth-order valence-electron chi connectivity index (χ4n) is 2.01. The molecule has 1 N–H and O–H groups in total. The highest BCUT2D eigenvalue weighted by Crippen LogP contribution is 2.14. The number of nitrogens with zero attached hydrogens (tertiary/aromatic N) is 1. The molecule has 136 valence electrons. The number of rotatable bonds is 6. The molecule has 0 unspecified atom stereocenters. The van der Waals surface area contributed by atoms with Gasteiger partial charge in [0.05, 0.1) is 11.4 Å². The number of nitrogens with one attached hydrogen (secondary N) is 1. The van der Waals surface area contributed by atoms with Crippen LogP contribution in [0.1, 0.15) is 11.1 Å². The largest absolute Gasteiger partial charge is 0.455 e. The molecule has 1 heterocycles. The zero-order valence-electron chi connectivity index (χ0n) is 13.8. The van der Waals surface area contributed by atoms with E-state index in [1.54, 1.807) is 13.0 Å². The van der Waals surface area contributed by atoms with Crippen LogP contribution in [0.15, 0.2) is 23.1 Å². The monoisotopic (exact) mass is 370 g/mol. The van der Waals surface area contributed by atoms with Gasteiger partial charge >= 0.3 is 12.1 Å². The molecule has 2 amide bonds. The second-order valence-corrected chi connectivity index (χ2v) is 7.16. The molecule has 9 nitrogen and oxygen atoms in total. The number of esters is 1. The van der Waals surface area contributed by atoms with Crippen LogP contribution in [0.4, 0.5) is 4.79 Å². The van der Waals surface area contributed by atoms with Crippen LogP contribution in [0.2, 0.25) is 0 Å². The Morgan fingerprint density at radius 3 is 2.60 bits per heavy atom. The van der Waals surface area contributed by atoms with Crippen LogP contribution < -0.4 is 4.72 Å². The third-order valence-corrected chi connectivity index (χ3v) is 5.01. The Labute approximate surface area is 144 Å². The van der Waals surface area contributed by atoms with Gasteiger partial charge in [-0.1, -0.05) is 6.07 Å². The van der Waals surface area contributed by atoms with Gasteiger partial charge in [0.1, 0.15) is 13.2 Å². The lowest BCUT2D eigenvalue weighted by atomic mass is 10.1. The number of ether oxygens (including phenoxy) is 2. The first-order valence-electron chi connectivity index (χ1n) is 7.40. The predicted molar refractivity (Wildman–Crippen MR) is 85.1 cm³/mol. The first kappa shape index (κ1) is 18.9. The summed E-state index contributed by atoms with van der Waals surface area (Å²) in [5, 5.41) is 0. The predicted octanol–water partition coefficient (Wildman–Crippen LogP) is 0.104. The van der Waals surface area contributed by atoms with E-state index >= 15 is 0 Å². The molecule has 0 aliphatic carbocycles. The second kappa shape index (κ2) is 7.62. The van der Waals surface area contributed by atoms with Crippen LogP contribution in [0.25, 0.3) is 0 Å². The van der Waals surface area contributed by atoms with Crippen molar-refractivity contribution in [1.29, 1.82) is 0 Å². The van der Waals surface area contributed by atoms with Crippen molar-refractivity contribution in [2.24, 2.45) is 0 Å². The molecule has 1 aliphatic rings. The maximum absolute atomic E-state index is 12.1. The van der Waals surface area contributed by atoms with E-state index in [0.29, 0.717) is 0 Å². The Kier molecular flexibility index (Phi) is 5.75. The first-order chi connectivity index (χ1) is 11.7. The van der Waals surface area contributed by atoms with E-state index in [2.05, 4.69) is 14.2 Å². The van der Waals surface area contributed by atoms with Gasteiger partial charge in [-0.2, -0.15) is 4.72 Å². The molecule has 1 fully saturated rings. The molecule has 0 aromatic heterocycles. The van der Waals surface area contributed by atoms with Crippen LogP contribution >= 0.6 is 0 Å². The van der Waals surface area contributed by atoms with E-state index in [1.165, 1.54) is 12.1 Å². The molecule has 1 aliphatic heterocycles. The lowest BCUT2D eigenvalue weighted by molar-refractivity contribution is -0.149. The van der Waals surface area contributed by atoms with Crippen LogP contribution in [-0.2, 0) is 29.1 Å². The summed E-state index contributed by atoms with van der Waals surface area (Å²) in [6, 6.07) is 4.58. The summed E-state index contributed by atoms with van der Waals surface area (Å²) in [6.45, 7) is 2.51. The van der Waals surface area contributed by atoms with Crippen molar-refractivity contribution in [3.63, 3.8) is 0 Å². The molecule has 0 saturated carbocycles. The van der Waals surface area contributed by atoms with Gasteiger partial charge in [0.15, 0.2) is 6.61 Å². The third-order valence-electron chi connectivity index (χ3n) is 3.61. The van der Waals surface area contributed by atoms with E-state index in [0.717, 1.165) is 16.0 Å². The molecule has 0 bridgehead atoms. The average Bonchev–Trinajstić information content (AvgIpc) is 2.99. The smallest absolute Gasteiger partial charge is 0.416 e. The minimum Gasteiger partial charge on any atom is -0.455 e. The summed E-state index contributed by atoms with van der Waals surface area (Å²) in [7, 11) is -3.88. The lowest BCUT2D eigenvalue weighted by Crippen LogP contribution is -2.37. The van der Waals surface area contributed by atoms with Crippen LogP contribution in [0, 0.1) is 13.8 Å². The molecule has 10 heteroatoms. The maximum atomic E-state index is 12.1. The normalized spacial score (nSPS) is 14.3. The minimum atomic E-state index is -3.88. The van der Waals surface area contributed by atoms with Gasteiger partial charge in [0, 0.05) is 0 Å². The number of sulfonamides is 1. The van der Waals surface area contributed by atoms with Crippen molar-refractivity contribution in [2.75, 3.05) is 26.3 Å². The van der Waals surface area contributed by atoms with E-state index in [-0.39, 0.29) is 18.0 Å². The minimum absolute atomic E-state index is 0.0271. The quantitative estimate of drug-likeness (QED) is 0.706. The fraction of sp³-hybridized carbons (Fsp3) is 0.400. The van der Waals surface area contributed by atoms with Gasteiger partial charge in [0.2, 0.25) is 10.0 Å². The highest BCUT2D eigenvalue weighted by Gasteiger charge is 2.29. The van der Waals surface area contributed by atoms with Crippen LogP contribution in [0.5, 0.6) is 0 Å². The second-order valence-electron chi connectivity index (χ2n) is 5.39. The number of cyclic esters (lactones) is 1. The van der Waals surface area contributed by atoms with Crippen molar-refractivity contribution in [3.8, 4) is 0 Å². The number of carbonyl (C=O) groups is 3. The zero-order valence-corrected chi connectivity index (χ0v) is 14.6. The van der Waals surface area contributed by atoms with Gasteiger partial charge in [-0.3, -0.25) is 9.59 Å². The van der Waals surface area contributed by atoms with Crippen molar-refractivity contribution in [3.05, 3.63) is 29.3 Å². The zero-order chi connectivity index (χ0) is 18.6. The molecule has 1 saturated heterocycles. The summed E-state index contributed by atoms with van der Waals surface area (Å²) >= 11 is 0. The van der Waals surface area contributed by atoms with Gasteiger partial charge < -0.3 is 9.47 Å². The number of benzene rings is 1. The summed E-state index contributed by atoms with van der Waals surface area (Å²) in [4.78, 5) is 35.3. The average molecular weight is 370 g/mol. The van der Waals surface area contributed by atoms with E-state index in [9.17, 15) is 22.8 Å². The summed E-state index contributed by atoms with van der Waals surface area (Å²) in [6.07, 6.45) is -0.795. The molecule has 0 radical (unpaired) electrons. The van der Waals surface area contributed by atoms with Crippen molar-refractivity contribution in [2.45, 2.75) is 18.7 Å².